The van der Waals surface area contributed by atoms with Crippen LogP contribution in [0.15, 0.2) is 48.5 Å². The van der Waals surface area contributed by atoms with Gasteiger partial charge in [0.25, 0.3) is 0 Å². The SMILES string of the molecule is COC(=O)c1ccccc1C(C)c1ccccc1C(=O)OC. The highest BCUT2D eigenvalue weighted by molar-refractivity contribution is 5.93. The minimum atomic E-state index is -0.391. The number of methoxy groups -OCH3 is 2. The van der Waals surface area contributed by atoms with Gasteiger partial charge in [-0.1, -0.05) is 43.3 Å². The van der Waals surface area contributed by atoms with E-state index < -0.39 is 11.9 Å². The summed E-state index contributed by atoms with van der Waals surface area (Å²) >= 11 is 0. The molecule has 0 heterocycles. The van der Waals surface area contributed by atoms with Crippen LogP contribution in [-0.4, -0.2) is 26.2 Å². The Bertz CT molecular complexity index is 631. The van der Waals surface area contributed by atoms with Crippen molar-refractivity contribution >= 4 is 11.9 Å². The van der Waals surface area contributed by atoms with E-state index in [1.807, 2.05) is 31.2 Å². The molecule has 0 unspecified atom stereocenters. The summed E-state index contributed by atoms with van der Waals surface area (Å²) < 4.78 is 9.66. The topological polar surface area (TPSA) is 52.6 Å². The predicted octanol–water partition coefficient (Wildman–Crippen LogP) is 3.41. The Balaban J connectivity index is 2.52. The minimum absolute atomic E-state index is 0.148. The van der Waals surface area contributed by atoms with Crippen molar-refractivity contribution in [3.8, 4) is 0 Å². The summed E-state index contributed by atoms with van der Waals surface area (Å²) in [5.41, 5.74) is 2.62. The van der Waals surface area contributed by atoms with Crippen molar-refractivity contribution < 1.29 is 19.1 Å². The highest BCUT2D eigenvalue weighted by atomic mass is 16.5. The molecule has 0 saturated carbocycles. The molecule has 2 aromatic rings. The zero-order valence-electron chi connectivity index (χ0n) is 12.8. The van der Waals surface area contributed by atoms with Crippen LogP contribution in [0, 0.1) is 0 Å². The number of esters is 2. The van der Waals surface area contributed by atoms with Crippen molar-refractivity contribution in [1.29, 1.82) is 0 Å². The maximum Gasteiger partial charge on any atom is 0.338 e. The Morgan fingerprint density at radius 1 is 0.773 bits per heavy atom. The molecule has 0 atom stereocenters. The molecule has 0 amide bonds. The second-order valence-corrected chi connectivity index (χ2v) is 4.88. The third-order valence-electron chi connectivity index (χ3n) is 3.67. The van der Waals surface area contributed by atoms with Gasteiger partial charge < -0.3 is 9.47 Å². The van der Waals surface area contributed by atoms with Crippen LogP contribution in [0.4, 0.5) is 0 Å². The fourth-order valence-electron chi connectivity index (χ4n) is 2.51. The first-order valence-electron chi connectivity index (χ1n) is 6.94. The molecule has 2 aromatic carbocycles. The maximum atomic E-state index is 11.9. The molecule has 2 rings (SSSR count). The Hall–Kier alpha value is -2.62. The predicted molar refractivity (Wildman–Crippen MR) is 83.1 cm³/mol. The van der Waals surface area contributed by atoms with Gasteiger partial charge in [0.05, 0.1) is 25.3 Å². The van der Waals surface area contributed by atoms with Gasteiger partial charge in [-0.3, -0.25) is 0 Å². The number of carbonyl (C=O) groups excluding carboxylic acids is 2. The molecule has 0 aromatic heterocycles. The summed E-state index contributed by atoms with van der Waals surface area (Å²) in [5.74, 6) is -0.929. The Labute approximate surface area is 129 Å². The third kappa shape index (κ3) is 3.01. The summed E-state index contributed by atoms with van der Waals surface area (Å²) in [7, 11) is 2.71. The fraction of sp³-hybridized carbons (Fsp3) is 0.222. The summed E-state index contributed by atoms with van der Waals surface area (Å²) in [4.78, 5) is 23.9. The standard InChI is InChI=1S/C18H18O4/c1-12(13-8-4-6-10-15(13)17(19)21-2)14-9-5-7-11-16(14)18(20)22-3/h4-12H,1-3H3. The summed E-state index contributed by atoms with van der Waals surface area (Å²) in [6.07, 6.45) is 0. The van der Waals surface area contributed by atoms with Gasteiger partial charge in [-0.25, -0.2) is 9.59 Å². The minimum Gasteiger partial charge on any atom is -0.465 e. The van der Waals surface area contributed by atoms with Gasteiger partial charge in [-0.05, 0) is 23.3 Å². The lowest BCUT2D eigenvalue weighted by molar-refractivity contribution is 0.0592. The van der Waals surface area contributed by atoms with E-state index in [9.17, 15) is 9.59 Å². The Morgan fingerprint density at radius 3 is 1.50 bits per heavy atom. The first-order chi connectivity index (χ1) is 10.6. The lowest BCUT2D eigenvalue weighted by Crippen LogP contribution is -2.12. The zero-order valence-corrected chi connectivity index (χ0v) is 12.8. The summed E-state index contributed by atoms with van der Waals surface area (Å²) in [6.45, 7) is 1.95. The molecule has 0 bridgehead atoms. The molecular formula is C18H18O4. The molecule has 0 fully saturated rings. The van der Waals surface area contributed by atoms with Crippen LogP contribution in [0.1, 0.15) is 44.7 Å². The first kappa shape index (κ1) is 15.8. The van der Waals surface area contributed by atoms with Crippen LogP contribution in [0.25, 0.3) is 0 Å². The maximum absolute atomic E-state index is 11.9. The van der Waals surface area contributed by atoms with E-state index >= 15 is 0 Å². The van der Waals surface area contributed by atoms with Crippen molar-refractivity contribution in [1.82, 2.24) is 0 Å². The Morgan fingerprint density at radius 2 is 1.14 bits per heavy atom. The Kier molecular flexibility index (Phi) is 4.94. The largest absolute Gasteiger partial charge is 0.465 e. The van der Waals surface area contributed by atoms with Crippen molar-refractivity contribution in [3.63, 3.8) is 0 Å². The fourth-order valence-corrected chi connectivity index (χ4v) is 2.51. The molecule has 0 aliphatic carbocycles. The van der Waals surface area contributed by atoms with Gasteiger partial charge in [0.2, 0.25) is 0 Å². The van der Waals surface area contributed by atoms with E-state index in [0.29, 0.717) is 11.1 Å². The molecule has 4 nitrogen and oxygen atoms in total. The van der Waals surface area contributed by atoms with Crippen molar-refractivity contribution in [2.45, 2.75) is 12.8 Å². The van der Waals surface area contributed by atoms with Crippen LogP contribution < -0.4 is 0 Å². The zero-order chi connectivity index (χ0) is 16.1. The smallest absolute Gasteiger partial charge is 0.338 e. The number of hydrogen-bond acceptors (Lipinski definition) is 4. The molecule has 0 radical (unpaired) electrons. The number of carbonyl (C=O) groups is 2. The first-order valence-corrected chi connectivity index (χ1v) is 6.94. The summed E-state index contributed by atoms with van der Waals surface area (Å²) in [6, 6.07) is 14.5. The van der Waals surface area contributed by atoms with Crippen molar-refractivity contribution in [3.05, 3.63) is 70.8 Å². The van der Waals surface area contributed by atoms with Crippen molar-refractivity contribution in [2.24, 2.45) is 0 Å². The van der Waals surface area contributed by atoms with Gasteiger partial charge in [-0.2, -0.15) is 0 Å². The molecule has 4 heteroatoms. The van der Waals surface area contributed by atoms with E-state index in [-0.39, 0.29) is 5.92 Å². The monoisotopic (exact) mass is 298 g/mol. The lowest BCUT2D eigenvalue weighted by Gasteiger charge is -2.18. The number of hydrogen-bond donors (Lipinski definition) is 0. The van der Waals surface area contributed by atoms with Crippen LogP contribution in [0.3, 0.4) is 0 Å². The van der Waals surface area contributed by atoms with Gasteiger partial charge in [0.15, 0.2) is 0 Å². The van der Waals surface area contributed by atoms with E-state index in [4.69, 9.17) is 9.47 Å². The molecule has 0 N–H and O–H groups in total. The molecule has 0 aliphatic rings. The van der Waals surface area contributed by atoms with Crippen molar-refractivity contribution in [2.75, 3.05) is 14.2 Å². The van der Waals surface area contributed by atoms with Gasteiger partial charge in [0.1, 0.15) is 0 Å². The highest BCUT2D eigenvalue weighted by Gasteiger charge is 2.21. The number of rotatable bonds is 4. The second-order valence-electron chi connectivity index (χ2n) is 4.88. The van der Waals surface area contributed by atoms with Gasteiger partial charge in [-0.15, -0.1) is 0 Å². The van der Waals surface area contributed by atoms with Gasteiger partial charge in [0, 0.05) is 5.92 Å². The third-order valence-corrected chi connectivity index (χ3v) is 3.67. The molecule has 22 heavy (non-hydrogen) atoms. The van der Waals surface area contributed by atoms with E-state index in [1.165, 1.54) is 14.2 Å². The van der Waals surface area contributed by atoms with Crippen LogP contribution >= 0.6 is 0 Å². The normalized spacial score (nSPS) is 10.4. The molecule has 0 spiro atoms. The highest BCUT2D eigenvalue weighted by Crippen LogP contribution is 2.30. The van der Waals surface area contributed by atoms with E-state index in [1.54, 1.807) is 24.3 Å². The quantitative estimate of drug-likeness (QED) is 0.812. The van der Waals surface area contributed by atoms with Crippen LogP contribution in [0.5, 0.6) is 0 Å². The average molecular weight is 298 g/mol. The summed E-state index contributed by atoms with van der Waals surface area (Å²) in [5, 5.41) is 0. The van der Waals surface area contributed by atoms with Gasteiger partial charge >= 0.3 is 11.9 Å². The number of benzene rings is 2. The molecule has 0 saturated heterocycles. The molecule has 0 aliphatic heterocycles. The van der Waals surface area contributed by atoms with Crippen LogP contribution in [0.2, 0.25) is 0 Å². The van der Waals surface area contributed by atoms with Crippen LogP contribution in [-0.2, 0) is 9.47 Å². The molecule has 114 valence electrons. The second kappa shape index (κ2) is 6.89. The van der Waals surface area contributed by atoms with E-state index in [0.717, 1.165) is 11.1 Å². The average Bonchev–Trinajstić information content (AvgIpc) is 2.59. The number of ether oxygens (including phenoxy) is 2. The lowest BCUT2D eigenvalue weighted by atomic mass is 9.87. The van der Waals surface area contributed by atoms with E-state index in [2.05, 4.69) is 0 Å². The molecular weight excluding hydrogens is 280 g/mol.